The van der Waals surface area contributed by atoms with Gasteiger partial charge in [-0.25, -0.2) is 13.2 Å². The third-order valence-corrected chi connectivity index (χ3v) is 5.08. The summed E-state index contributed by atoms with van der Waals surface area (Å²) in [6, 6.07) is 7.45. The fourth-order valence-electron chi connectivity index (χ4n) is 2.27. The number of methoxy groups -OCH3 is 1. The second kappa shape index (κ2) is 4.85. The smallest absolute Gasteiger partial charge is 0.332 e. The first kappa shape index (κ1) is 13.9. The van der Waals surface area contributed by atoms with Crippen LogP contribution in [0.3, 0.4) is 0 Å². The Morgan fingerprint density at radius 1 is 1.32 bits per heavy atom. The van der Waals surface area contributed by atoms with Crippen LogP contribution in [0.25, 0.3) is 0 Å². The Hall–Kier alpha value is -1.56. The minimum atomic E-state index is -3.20. The van der Waals surface area contributed by atoms with E-state index >= 15 is 0 Å². The van der Waals surface area contributed by atoms with Crippen LogP contribution < -0.4 is 5.32 Å². The number of rotatable bonds is 3. The van der Waals surface area contributed by atoms with Gasteiger partial charge < -0.3 is 10.1 Å². The molecule has 1 aromatic rings. The number of sulfone groups is 1. The molecule has 1 aromatic carbocycles. The second-order valence-electron chi connectivity index (χ2n) is 4.91. The predicted octanol–water partition coefficient (Wildman–Crippen LogP) is 1.14. The fourth-order valence-corrected chi connectivity index (χ4v) is 4.16. The van der Waals surface area contributed by atoms with E-state index in [1.165, 1.54) is 7.11 Å². The van der Waals surface area contributed by atoms with Gasteiger partial charge in [-0.05, 0) is 25.5 Å². The van der Waals surface area contributed by atoms with Gasteiger partial charge in [-0.15, -0.1) is 0 Å². The molecule has 0 radical (unpaired) electrons. The molecule has 1 N–H and O–H groups in total. The van der Waals surface area contributed by atoms with Crippen LogP contribution in [0.1, 0.15) is 12.0 Å². The molecular formula is C13H17NO4S. The molecule has 1 fully saturated rings. The van der Waals surface area contributed by atoms with Gasteiger partial charge in [0.15, 0.2) is 15.4 Å². The van der Waals surface area contributed by atoms with E-state index in [9.17, 15) is 13.2 Å². The van der Waals surface area contributed by atoms with Gasteiger partial charge in [-0.3, -0.25) is 0 Å². The molecule has 0 amide bonds. The largest absolute Gasteiger partial charge is 0.467 e. The molecule has 1 saturated heterocycles. The number of hydrogen-bond donors (Lipinski definition) is 1. The van der Waals surface area contributed by atoms with E-state index in [4.69, 9.17) is 4.74 Å². The monoisotopic (exact) mass is 283 g/mol. The molecule has 2 rings (SSSR count). The summed E-state index contributed by atoms with van der Waals surface area (Å²) in [6.45, 7) is 1.96. The lowest BCUT2D eigenvalue weighted by molar-refractivity contribution is -0.145. The summed E-state index contributed by atoms with van der Waals surface area (Å²) in [6.07, 6.45) is 0.232. The lowest BCUT2D eigenvalue weighted by Crippen LogP contribution is -2.48. The molecule has 0 aliphatic carbocycles. The average Bonchev–Trinajstić information content (AvgIpc) is 2.68. The van der Waals surface area contributed by atoms with Crippen molar-refractivity contribution < 1.29 is 17.9 Å². The van der Waals surface area contributed by atoms with Gasteiger partial charge >= 0.3 is 5.97 Å². The molecule has 0 bridgehead atoms. The predicted molar refractivity (Wildman–Crippen MR) is 72.8 cm³/mol. The molecule has 5 nitrogen and oxygen atoms in total. The molecule has 19 heavy (non-hydrogen) atoms. The number of esters is 1. The van der Waals surface area contributed by atoms with Crippen LogP contribution in [0.2, 0.25) is 0 Å². The zero-order valence-corrected chi connectivity index (χ0v) is 11.8. The number of benzene rings is 1. The van der Waals surface area contributed by atoms with E-state index in [-0.39, 0.29) is 17.9 Å². The summed E-state index contributed by atoms with van der Waals surface area (Å²) in [7, 11) is -1.93. The Kier molecular flexibility index (Phi) is 3.54. The maximum atomic E-state index is 11.9. The summed E-state index contributed by atoms with van der Waals surface area (Å²) < 4.78 is 28.1. The highest BCUT2D eigenvalue weighted by Crippen LogP contribution is 2.29. The number of carbonyl (C=O) groups excluding carboxylic acids is 1. The SMILES string of the molecule is COC(=O)C1(Nc2ccc(C)cc2)CCS(=O)(=O)C1. The fraction of sp³-hybridized carbons (Fsp3) is 0.462. The third kappa shape index (κ3) is 2.89. The van der Waals surface area contributed by atoms with Crippen LogP contribution in [0.5, 0.6) is 0 Å². The molecule has 0 aromatic heterocycles. The lowest BCUT2D eigenvalue weighted by atomic mass is 9.98. The third-order valence-electron chi connectivity index (χ3n) is 3.32. The Balaban J connectivity index is 2.30. The van der Waals surface area contributed by atoms with E-state index in [2.05, 4.69) is 5.32 Å². The van der Waals surface area contributed by atoms with Crippen LogP contribution in [0.15, 0.2) is 24.3 Å². The molecule has 0 saturated carbocycles. The number of nitrogens with one attached hydrogen (secondary N) is 1. The number of ether oxygens (including phenoxy) is 1. The van der Waals surface area contributed by atoms with Crippen LogP contribution in [0.4, 0.5) is 5.69 Å². The summed E-state index contributed by atoms with van der Waals surface area (Å²) in [5.41, 5.74) is 0.646. The lowest BCUT2D eigenvalue weighted by Gasteiger charge is -2.27. The Labute approximate surface area is 112 Å². The van der Waals surface area contributed by atoms with Gasteiger partial charge in [0.05, 0.1) is 18.6 Å². The topological polar surface area (TPSA) is 72.5 Å². The van der Waals surface area contributed by atoms with Gasteiger partial charge in [0, 0.05) is 5.69 Å². The van der Waals surface area contributed by atoms with Crippen molar-refractivity contribution in [3.05, 3.63) is 29.8 Å². The van der Waals surface area contributed by atoms with E-state index in [1.807, 2.05) is 31.2 Å². The number of anilines is 1. The maximum Gasteiger partial charge on any atom is 0.332 e. The Bertz CT molecular complexity index is 579. The van der Waals surface area contributed by atoms with Crippen molar-refractivity contribution in [3.63, 3.8) is 0 Å². The Morgan fingerprint density at radius 2 is 1.95 bits per heavy atom. The summed E-state index contributed by atoms with van der Waals surface area (Å²) in [4.78, 5) is 11.9. The van der Waals surface area contributed by atoms with Crippen molar-refractivity contribution >= 4 is 21.5 Å². The molecule has 1 unspecified atom stereocenters. The van der Waals surface area contributed by atoms with Gasteiger partial charge in [0.2, 0.25) is 0 Å². The summed E-state index contributed by atoms with van der Waals surface area (Å²) in [5, 5.41) is 3.03. The number of carbonyl (C=O) groups is 1. The summed E-state index contributed by atoms with van der Waals surface area (Å²) >= 11 is 0. The zero-order valence-electron chi connectivity index (χ0n) is 11.0. The first-order valence-electron chi connectivity index (χ1n) is 6.01. The van der Waals surface area contributed by atoms with Crippen molar-refractivity contribution in [2.45, 2.75) is 18.9 Å². The van der Waals surface area contributed by atoms with Crippen LogP contribution in [-0.2, 0) is 19.4 Å². The van der Waals surface area contributed by atoms with Crippen LogP contribution >= 0.6 is 0 Å². The number of hydrogen-bond acceptors (Lipinski definition) is 5. The molecule has 0 spiro atoms. The van der Waals surface area contributed by atoms with Crippen molar-refractivity contribution in [1.82, 2.24) is 0 Å². The average molecular weight is 283 g/mol. The maximum absolute atomic E-state index is 11.9. The Morgan fingerprint density at radius 3 is 2.42 bits per heavy atom. The van der Waals surface area contributed by atoms with Crippen molar-refractivity contribution in [2.75, 3.05) is 23.9 Å². The van der Waals surface area contributed by atoms with E-state index in [1.54, 1.807) is 0 Å². The summed E-state index contributed by atoms with van der Waals surface area (Å²) in [5.74, 6) is -0.754. The standard InChI is InChI=1S/C13H17NO4S/c1-10-3-5-11(6-4-10)14-13(12(15)18-2)7-8-19(16,17)9-13/h3-6,14H,7-9H2,1-2H3. The minimum absolute atomic E-state index is 0.000954. The highest BCUT2D eigenvalue weighted by atomic mass is 32.2. The van der Waals surface area contributed by atoms with Gasteiger partial charge in [0.1, 0.15) is 0 Å². The molecule has 6 heteroatoms. The first-order valence-corrected chi connectivity index (χ1v) is 7.83. The molecule has 1 heterocycles. The second-order valence-corrected chi connectivity index (χ2v) is 7.09. The molecular weight excluding hydrogens is 266 g/mol. The molecule has 1 aliphatic rings. The molecule has 104 valence electrons. The van der Waals surface area contributed by atoms with Crippen LogP contribution in [0, 0.1) is 6.92 Å². The van der Waals surface area contributed by atoms with E-state index in [0.717, 1.165) is 5.56 Å². The van der Waals surface area contributed by atoms with Crippen molar-refractivity contribution in [2.24, 2.45) is 0 Å². The quantitative estimate of drug-likeness (QED) is 0.842. The van der Waals surface area contributed by atoms with Gasteiger partial charge in [0.25, 0.3) is 0 Å². The van der Waals surface area contributed by atoms with Crippen molar-refractivity contribution in [1.29, 1.82) is 0 Å². The first-order chi connectivity index (χ1) is 8.87. The van der Waals surface area contributed by atoms with Crippen LogP contribution in [-0.4, -0.2) is 38.5 Å². The molecule has 1 aliphatic heterocycles. The highest BCUT2D eigenvalue weighted by Gasteiger charge is 2.49. The van der Waals surface area contributed by atoms with E-state index < -0.39 is 21.3 Å². The normalized spacial score (nSPS) is 24.9. The minimum Gasteiger partial charge on any atom is -0.467 e. The van der Waals surface area contributed by atoms with Crippen molar-refractivity contribution in [3.8, 4) is 0 Å². The number of aryl methyl sites for hydroxylation is 1. The highest BCUT2D eigenvalue weighted by molar-refractivity contribution is 7.91. The van der Waals surface area contributed by atoms with Gasteiger partial charge in [-0.1, -0.05) is 17.7 Å². The van der Waals surface area contributed by atoms with E-state index in [0.29, 0.717) is 5.69 Å². The van der Waals surface area contributed by atoms with Gasteiger partial charge in [-0.2, -0.15) is 0 Å². The molecule has 1 atom stereocenters. The zero-order chi connectivity index (χ0) is 14.1.